The van der Waals surface area contributed by atoms with E-state index in [1.807, 2.05) is 6.07 Å². The van der Waals surface area contributed by atoms with Crippen molar-refractivity contribution in [3.05, 3.63) is 29.8 Å². The van der Waals surface area contributed by atoms with Gasteiger partial charge in [-0.2, -0.15) is 0 Å². The number of benzene rings is 1. The summed E-state index contributed by atoms with van der Waals surface area (Å²) in [6, 6.07) is 7.01. The second-order valence-corrected chi connectivity index (χ2v) is 7.51. The summed E-state index contributed by atoms with van der Waals surface area (Å²) in [7, 11) is -2.95. The molecule has 0 aliphatic carbocycles. The van der Waals surface area contributed by atoms with E-state index in [0.717, 1.165) is 18.4 Å². The van der Waals surface area contributed by atoms with Crippen molar-refractivity contribution in [2.24, 2.45) is 0 Å². The fourth-order valence-corrected chi connectivity index (χ4v) is 2.76. The van der Waals surface area contributed by atoms with Crippen molar-refractivity contribution in [3.8, 4) is 17.6 Å². The summed E-state index contributed by atoms with van der Waals surface area (Å²) in [6.45, 7) is 6.61. The Morgan fingerprint density at radius 3 is 2.04 bits per heavy atom. The Morgan fingerprint density at radius 1 is 0.889 bits per heavy atom. The van der Waals surface area contributed by atoms with Gasteiger partial charge in [-0.25, -0.2) is 4.57 Å². The minimum absolute atomic E-state index is 0.395. The second kappa shape index (κ2) is 19.5. The van der Waals surface area contributed by atoms with Gasteiger partial charge in [0.05, 0.1) is 0 Å². The average Bonchev–Trinajstić information content (AvgIpc) is 2.66. The molecule has 3 nitrogen and oxygen atoms in total. The first-order valence-electron chi connectivity index (χ1n) is 10.6. The fraction of sp³-hybridized carbons (Fsp3) is 0.652. The van der Waals surface area contributed by atoms with Gasteiger partial charge in [0.2, 0.25) is 0 Å². The monoisotopic (exact) mass is 394 g/mol. The summed E-state index contributed by atoms with van der Waals surface area (Å²) < 4.78 is 15.5. The zero-order valence-electron chi connectivity index (χ0n) is 17.6. The normalized spacial score (nSPS) is 11.0. The first-order valence-corrected chi connectivity index (χ1v) is 11.9. The third kappa shape index (κ3) is 17.9. The molecule has 0 saturated carbocycles. The maximum absolute atomic E-state index is 10.7. The van der Waals surface area contributed by atoms with Gasteiger partial charge in [-0.05, 0) is 24.6 Å². The molecular formula is C23H39O3P. The van der Waals surface area contributed by atoms with Crippen LogP contribution in [0.25, 0.3) is 0 Å². The molecule has 0 aromatic heterocycles. The van der Waals surface area contributed by atoms with Crippen molar-refractivity contribution in [2.45, 2.75) is 97.8 Å². The van der Waals surface area contributed by atoms with E-state index >= 15 is 0 Å². The van der Waals surface area contributed by atoms with Crippen LogP contribution in [-0.4, -0.2) is 4.89 Å². The lowest BCUT2D eigenvalue weighted by atomic mass is 10.1. The van der Waals surface area contributed by atoms with Crippen molar-refractivity contribution in [3.63, 3.8) is 0 Å². The molecule has 0 saturated heterocycles. The molecule has 1 N–H and O–H groups in total. The van der Waals surface area contributed by atoms with Crippen molar-refractivity contribution in [1.29, 1.82) is 0 Å². The molecule has 0 aliphatic heterocycles. The van der Waals surface area contributed by atoms with E-state index in [-0.39, 0.29) is 0 Å². The molecule has 0 fully saturated rings. The third-order valence-corrected chi connectivity index (χ3v) is 4.59. The van der Waals surface area contributed by atoms with E-state index in [0.29, 0.717) is 5.75 Å². The third-order valence-electron chi connectivity index (χ3n) is 4.18. The Balaban J connectivity index is 0.00000153. The van der Waals surface area contributed by atoms with E-state index in [2.05, 4.69) is 32.6 Å². The van der Waals surface area contributed by atoms with Crippen LogP contribution >= 0.6 is 8.25 Å². The van der Waals surface area contributed by atoms with Crippen LogP contribution in [0.5, 0.6) is 5.75 Å². The molecule has 0 amide bonds. The van der Waals surface area contributed by atoms with Crippen LogP contribution in [-0.2, 0) is 4.57 Å². The van der Waals surface area contributed by atoms with E-state index in [9.17, 15) is 4.57 Å². The number of hydrogen-bond acceptors (Lipinski definition) is 2. The first kappa shape index (κ1) is 25.8. The van der Waals surface area contributed by atoms with Crippen LogP contribution in [0.15, 0.2) is 24.3 Å². The van der Waals surface area contributed by atoms with Gasteiger partial charge in [-0.15, -0.1) is 0 Å². The lowest BCUT2D eigenvalue weighted by Gasteiger charge is -2.01. The quantitative estimate of drug-likeness (QED) is 0.226. The summed E-state index contributed by atoms with van der Waals surface area (Å²) >= 11 is 0. The van der Waals surface area contributed by atoms with Crippen LogP contribution in [0, 0.1) is 11.8 Å². The zero-order chi connectivity index (χ0) is 20.2. The minimum atomic E-state index is -2.95. The Hall–Kier alpha value is -1.23. The molecule has 0 bridgehead atoms. The predicted octanol–water partition coefficient (Wildman–Crippen LogP) is 7.53. The average molecular weight is 395 g/mol. The minimum Gasteiger partial charge on any atom is -0.426 e. The van der Waals surface area contributed by atoms with Gasteiger partial charge in [0.25, 0.3) is 0 Å². The molecule has 0 radical (unpaired) electrons. The molecule has 1 rings (SSSR count). The van der Waals surface area contributed by atoms with Gasteiger partial charge in [-0.1, -0.05) is 103 Å². The number of hydrogen-bond donors (Lipinski definition) is 1. The molecule has 1 atom stereocenters. The van der Waals surface area contributed by atoms with Crippen LogP contribution in [0.2, 0.25) is 0 Å². The Morgan fingerprint density at radius 2 is 1.48 bits per heavy atom. The highest BCUT2D eigenvalue weighted by molar-refractivity contribution is 7.32. The second-order valence-electron chi connectivity index (χ2n) is 6.78. The Labute approximate surface area is 167 Å². The molecule has 1 aromatic rings. The summed E-state index contributed by atoms with van der Waals surface area (Å²) in [4.78, 5) is 8.76. The molecule has 0 aliphatic rings. The highest BCUT2D eigenvalue weighted by atomic mass is 31.1. The first-order chi connectivity index (χ1) is 13.1. The van der Waals surface area contributed by atoms with Crippen LogP contribution in [0.4, 0.5) is 0 Å². The summed E-state index contributed by atoms with van der Waals surface area (Å²) in [6.07, 6.45) is 15.4. The van der Waals surface area contributed by atoms with Gasteiger partial charge in [0.15, 0.2) is 0 Å². The SMILES string of the molecule is CCCC.CCCCCCCCCCCC#Cc1cccc(O[PH](=O)O)c1. The molecular weight excluding hydrogens is 355 g/mol. The highest BCUT2D eigenvalue weighted by Gasteiger charge is 1.97. The molecule has 27 heavy (non-hydrogen) atoms. The highest BCUT2D eigenvalue weighted by Crippen LogP contribution is 2.23. The van der Waals surface area contributed by atoms with Crippen molar-refractivity contribution in [2.75, 3.05) is 0 Å². The summed E-state index contributed by atoms with van der Waals surface area (Å²) in [5, 5.41) is 0. The molecule has 4 heteroatoms. The maximum atomic E-state index is 10.7. The topological polar surface area (TPSA) is 46.5 Å². The molecule has 0 spiro atoms. The van der Waals surface area contributed by atoms with Crippen LogP contribution in [0.3, 0.4) is 0 Å². The lowest BCUT2D eigenvalue weighted by Crippen LogP contribution is -1.82. The molecule has 1 aromatic carbocycles. The van der Waals surface area contributed by atoms with Gasteiger partial charge < -0.3 is 9.42 Å². The van der Waals surface area contributed by atoms with Gasteiger partial charge >= 0.3 is 8.25 Å². The summed E-state index contributed by atoms with van der Waals surface area (Å²) in [5.74, 6) is 6.64. The Kier molecular flexibility index (Phi) is 18.6. The van der Waals surface area contributed by atoms with Gasteiger partial charge in [-0.3, -0.25) is 0 Å². The molecule has 1 unspecified atom stereocenters. The summed E-state index contributed by atoms with van der Waals surface area (Å²) in [5.41, 5.74) is 0.821. The maximum Gasteiger partial charge on any atom is 0.365 e. The molecule has 0 heterocycles. The van der Waals surface area contributed by atoms with E-state index in [4.69, 9.17) is 9.42 Å². The van der Waals surface area contributed by atoms with Gasteiger partial charge in [0.1, 0.15) is 5.75 Å². The van der Waals surface area contributed by atoms with E-state index in [1.54, 1.807) is 18.2 Å². The van der Waals surface area contributed by atoms with Crippen molar-refractivity contribution in [1.82, 2.24) is 0 Å². The van der Waals surface area contributed by atoms with E-state index in [1.165, 1.54) is 64.2 Å². The number of unbranched alkanes of at least 4 members (excludes halogenated alkanes) is 10. The van der Waals surface area contributed by atoms with Crippen LogP contribution < -0.4 is 4.52 Å². The van der Waals surface area contributed by atoms with Crippen molar-refractivity contribution >= 4 is 8.25 Å². The zero-order valence-corrected chi connectivity index (χ0v) is 18.6. The van der Waals surface area contributed by atoms with E-state index < -0.39 is 8.25 Å². The largest absolute Gasteiger partial charge is 0.426 e. The number of rotatable bonds is 12. The van der Waals surface area contributed by atoms with Gasteiger partial charge in [0, 0.05) is 12.0 Å². The molecule has 154 valence electrons. The van der Waals surface area contributed by atoms with Crippen LogP contribution in [0.1, 0.15) is 103 Å². The standard InChI is InChI=1S/C19H29O3P.C4H10/c1-2-3-4-5-6-7-8-9-10-11-12-14-18-15-13-16-19(17-18)22-23(20)21;1-3-4-2/h13,15-17,23H,2-11H2,1H3,(H,20,21);3-4H2,1-2H3. The van der Waals surface area contributed by atoms with Crippen molar-refractivity contribution < 1.29 is 14.0 Å². The smallest absolute Gasteiger partial charge is 0.365 e. The lowest BCUT2D eigenvalue weighted by molar-refractivity contribution is 0.410. The Bertz CT molecular complexity index is 544. The fourth-order valence-electron chi connectivity index (χ4n) is 2.43. The predicted molar refractivity (Wildman–Crippen MR) is 118 cm³/mol.